The van der Waals surface area contributed by atoms with Crippen LogP contribution in [0.25, 0.3) is 0 Å². The molecule has 0 spiro atoms. The lowest BCUT2D eigenvalue weighted by Crippen LogP contribution is -2.47. The van der Waals surface area contributed by atoms with Gasteiger partial charge in [0.15, 0.2) is 0 Å². The zero-order valence-electron chi connectivity index (χ0n) is 12.8. The molecule has 2 rings (SSSR count). The van der Waals surface area contributed by atoms with Crippen molar-refractivity contribution in [3.05, 3.63) is 16.4 Å². The van der Waals surface area contributed by atoms with E-state index in [1.165, 1.54) is 5.69 Å². The quantitative estimate of drug-likeness (QED) is 0.889. The predicted molar refractivity (Wildman–Crippen MR) is 84.0 cm³/mol. The Morgan fingerprint density at radius 3 is 2.90 bits per heavy atom. The molecule has 6 heteroatoms. The van der Waals surface area contributed by atoms with E-state index in [4.69, 9.17) is 4.74 Å². The molecule has 0 aromatic carbocycles. The zero-order valence-corrected chi connectivity index (χ0v) is 14.4. The fourth-order valence-electron chi connectivity index (χ4n) is 2.69. The number of aromatic nitrogens is 2. The van der Waals surface area contributed by atoms with Crippen molar-refractivity contribution < 1.29 is 4.74 Å². The summed E-state index contributed by atoms with van der Waals surface area (Å²) in [6, 6.07) is 0.487. The maximum Gasteiger partial charge on any atom is 0.0912 e. The second-order valence-electron chi connectivity index (χ2n) is 5.62. The van der Waals surface area contributed by atoms with Crippen LogP contribution in [0.5, 0.6) is 0 Å². The number of nitrogens with zero attached hydrogens (tertiary/aromatic N) is 3. The number of ether oxygens (including phenoxy) is 1. The average Bonchev–Trinajstić information content (AvgIpc) is 2.78. The van der Waals surface area contributed by atoms with Gasteiger partial charge in [-0.05, 0) is 43.4 Å². The van der Waals surface area contributed by atoms with Crippen LogP contribution >= 0.6 is 15.9 Å². The second-order valence-corrected chi connectivity index (χ2v) is 6.48. The predicted octanol–water partition coefficient (Wildman–Crippen LogP) is 2.21. The molecular formula is C14H25BrN4O. The van der Waals surface area contributed by atoms with Crippen molar-refractivity contribution in [3.8, 4) is 0 Å². The molecule has 2 unspecified atom stereocenters. The van der Waals surface area contributed by atoms with E-state index in [1.54, 1.807) is 0 Å². The van der Waals surface area contributed by atoms with Gasteiger partial charge in [-0.25, -0.2) is 0 Å². The van der Waals surface area contributed by atoms with E-state index in [2.05, 4.69) is 63.7 Å². The van der Waals surface area contributed by atoms with E-state index in [0.717, 1.165) is 30.7 Å². The molecule has 1 aromatic rings. The number of likely N-dealkylation sites (N-methyl/N-ethyl adjacent to an activating group) is 2. The first-order chi connectivity index (χ1) is 9.54. The van der Waals surface area contributed by atoms with E-state index < -0.39 is 0 Å². The summed E-state index contributed by atoms with van der Waals surface area (Å²) in [5.74, 6) is 0. The highest BCUT2D eigenvalue weighted by atomic mass is 79.9. The van der Waals surface area contributed by atoms with E-state index in [0.29, 0.717) is 6.04 Å². The zero-order chi connectivity index (χ0) is 14.7. The van der Waals surface area contributed by atoms with Gasteiger partial charge in [-0.15, -0.1) is 0 Å². The smallest absolute Gasteiger partial charge is 0.0912 e. The molecule has 1 aliphatic heterocycles. The van der Waals surface area contributed by atoms with Crippen LogP contribution in [0, 0.1) is 0 Å². The lowest BCUT2D eigenvalue weighted by Gasteiger charge is -2.36. The molecule has 2 heterocycles. The van der Waals surface area contributed by atoms with Gasteiger partial charge < -0.3 is 15.0 Å². The summed E-state index contributed by atoms with van der Waals surface area (Å²) in [7, 11) is 2.15. The molecule has 0 saturated carbocycles. The van der Waals surface area contributed by atoms with Crippen molar-refractivity contribution in [2.45, 2.75) is 39.0 Å². The Bertz CT molecular complexity index is 435. The largest absolute Gasteiger partial charge is 0.374 e. The van der Waals surface area contributed by atoms with Crippen molar-refractivity contribution in [2.24, 2.45) is 0 Å². The van der Waals surface area contributed by atoms with Crippen LogP contribution in [-0.2, 0) is 4.74 Å². The molecule has 1 saturated heterocycles. The van der Waals surface area contributed by atoms with Crippen molar-refractivity contribution in [1.29, 1.82) is 0 Å². The van der Waals surface area contributed by atoms with Gasteiger partial charge >= 0.3 is 0 Å². The lowest BCUT2D eigenvalue weighted by molar-refractivity contribution is -0.0407. The third kappa shape index (κ3) is 3.42. The Labute approximate surface area is 129 Å². The van der Waals surface area contributed by atoms with Gasteiger partial charge in [0.1, 0.15) is 0 Å². The number of morpholine rings is 1. The fraction of sp³-hybridized carbons (Fsp3) is 0.786. The standard InChI is InChI=1S/C14H25BrN4O/c1-5-16-13(12-9-18(4)6-7-20-12)14-11(15)8-17-19(14)10(2)3/h8,10,12-13,16H,5-7,9H2,1-4H3. The van der Waals surface area contributed by atoms with E-state index >= 15 is 0 Å². The van der Waals surface area contributed by atoms with Crippen molar-refractivity contribution in [1.82, 2.24) is 20.0 Å². The van der Waals surface area contributed by atoms with Gasteiger partial charge in [0.25, 0.3) is 0 Å². The molecule has 1 aliphatic rings. The maximum atomic E-state index is 6.01. The Kier molecular flexibility index (Phi) is 5.60. The van der Waals surface area contributed by atoms with Gasteiger partial charge in [-0.2, -0.15) is 5.10 Å². The Balaban J connectivity index is 2.30. The summed E-state index contributed by atoms with van der Waals surface area (Å²) in [4.78, 5) is 2.32. The Morgan fingerprint density at radius 2 is 2.30 bits per heavy atom. The minimum atomic E-state index is 0.152. The van der Waals surface area contributed by atoms with Crippen LogP contribution < -0.4 is 5.32 Å². The normalized spacial score (nSPS) is 22.4. The van der Waals surface area contributed by atoms with Gasteiger partial charge in [0.05, 0.1) is 35.1 Å². The fourth-order valence-corrected chi connectivity index (χ4v) is 3.21. The average molecular weight is 345 g/mol. The third-order valence-corrected chi connectivity index (χ3v) is 4.27. The van der Waals surface area contributed by atoms with Gasteiger partial charge in [-0.3, -0.25) is 4.68 Å². The van der Waals surface area contributed by atoms with Gasteiger partial charge in [0, 0.05) is 19.1 Å². The van der Waals surface area contributed by atoms with Crippen molar-refractivity contribution in [2.75, 3.05) is 33.3 Å². The maximum absolute atomic E-state index is 6.01. The van der Waals surface area contributed by atoms with Gasteiger partial charge in [-0.1, -0.05) is 6.92 Å². The second kappa shape index (κ2) is 7.02. The van der Waals surface area contributed by atoms with E-state index in [-0.39, 0.29) is 12.1 Å². The number of rotatable bonds is 5. The Morgan fingerprint density at radius 1 is 1.55 bits per heavy atom. The van der Waals surface area contributed by atoms with Gasteiger partial charge in [0.2, 0.25) is 0 Å². The molecule has 1 fully saturated rings. The molecular weight excluding hydrogens is 320 g/mol. The summed E-state index contributed by atoms with van der Waals surface area (Å²) >= 11 is 3.65. The summed E-state index contributed by atoms with van der Waals surface area (Å²) in [5, 5.41) is 8.06. The molecule has 1 N–H and O–H groups in total. The first-order valence-electron chi connectivity index (χ1n) is 7.31. The minimum Gasteiger partial charge on any atom is -0.374 e. The summed E-state index contributed by atoms with van der Waals surface area (Å²) in [6.45, 7) is 10.1. The molecule has 20 heavy (non-hydrogen) atoms. The van der Waals surface area contributed by atoms with E-state index in [1.807, 2.05) is 6.20 Å². The van der Waals surface area contributed by atoms with Crippen molar-refractivity contribution in [3.63, 3.8) is 0 Å². The lowest BCUT2D eigenvalue weighted by atomic mass is 10.0. The molecule has 0 amide bonds. The topological polar surface area (TPSA) is 42.3 Å². The number of halogens is 1. The van der Waals surface area contributed by atoms with Crippen LogP contribution in [0.15, 0.2) is 10.7 Å². The van der Waals surface area contributed by atoms with Crippen LogP contribution in [-0.4, -0.2) is 54.1 Å². The highest BCUT2D eigenvalue weighted by Gasteiger charge is 2.31. The molecule has 114 valence electrons. The van der Waals surface area contributed by atoms with Crippen LogP contribution in [0.1, 0.15) is 38.5 Å². The highest BCUT2D eigenvalue weighted by Crippen LogP contribution is 2.30. The van der Waals surface area contributed by atoms with Crippen LogP contribution in [0.4, 0.5) is 0 Å². The first-order valence-corrected chi connectivity index (χ1v) is 8.10. The molecule has 2 atom stereocenters. The molecule has 0 aliphatic carbocycles. The van der Waals surface area contributed by atoms with Crippen molar-refractivity contribution >= 4 is 15.9 Å². The Hall–Kier alpha value is -0.430. The summed E-state index contributed by atoms with van der Waals surface area (Å²) in [5.41, 5.74) is 1.18. The molecule has 0 bridgehead atoms. The number of hydrogen-bond acceptors (Lipinski definition) is 4. The summed E-state index contributed by atoms with van der Waals surface area (Å²) in [6.07, 6.45) is 2.03. The highest BCUT2D eigenvalue weighted by molar-refractivity contribution is 9.10. The SMILES string of the molecule is CCNC(c1c(Br)cnn1C(C)C)C1CN(C)CCO1. The minimum absolute atomic E-state index is 0.152. The van der Waals surface area contributed by atoms with E-state index in [9.17, 15) is 0 Å². The first kappa shape index (κ1) is 15.9. The summed E-state index contributed by atoms with van der Waals surface area (Å²) < 4.78 is 9.14. The molecule has 1 aromatic heterocycles. The monoisotopic (exact) mass is 344 g/mol. The van der Waals surface area contributed by atoms with Crippen LogP contribution in [0.2, 0.25) is 0 Å². The number of nitrogens with one attached hydrogen (secondary N) is 1. The number of hydrogen-bond donors (Lipinski definition) is 1. The van der Waals surface area contributed by atoms with Crippen LogP contribution in [0.3, 0.4) is 0 Å². The third-order valence-electron chi connectivity index (χ3n) is 3.66. The molecule has 5 nitrogen and oxygen atoms in total. The molecule has 0 radical (unpaired) electrons.